The number of rotatable bonds is 4. The second-order valence-corrected chi connectivity index (χ2v) is 15.1. The molecule has 1 aliphatic carbocycles. The van der Waals surface area contributed by atoms with Crippen molar-refractivity contribution in [3.05, 3.63) is 71.4 Å². The van der Waals surface area contributed by atoms with E-state index in [2.05, 4.69) is 10.3 Å². The monoisotopic (exact) mass is 683 g/mol. The summed E-state index contributed by atoms with van der Waals surface area (Å²) in [6.07, 6.45) is 4.85. The highest BCUT2D eigenvalue weighted by atomic mass is 32.2. The third-order valence-electron chi connectivity index (χ3n) is 10.4. The number of carbonyl (C=O) groups excluding carboxylic acids is 3. The zero-order chi connectivity index (χ0) is 36.7. The van der Waals surface area contributed by atoms with Crippen molar-refractivity contribution in [1.82, 2.24) is 25.0 Å². The number of aliphatic hydroxyl groups is 1. The van der Waals surface area contributed by atoms with Crippen LogP contribution in [-0.2, 0) is 42.1 Å². The normalized spacial score (nSPS) is 33.9. The number of carbonyl (C=O) groups is 3. The average molecular weight is 684 g/mol. The smallest absolute Gasteiger partial charge is 0.280 e. The molecule has 256 valence electrons. The molecule has 3 amide bonds. The van der Waals surface area contributed by atoms with Crippen LogP contribution >= 0.6 is 0 Å². The lowest BCUT2D eigenvalue weighted by Gasteiger charge is -2.48. The van der Waals surface area contributed by atoms with E-state index in [1.807, 2.05) is 54.7 Å². The summed E-state index contributed by atoms with van der Waals surface area (Å²) in [4.78, 5) is 49.6. The number of amides is 3. The molecule has 4 N–H and O–H groups in total. The molecule has 1 aromatic heterocycles. The van der Waals surface area contributed by atoms with Crippen LogP contribution in [0.4, 0.5) is 0 Å². The van der Waals surface area contributed by atoms with Crippen molar-refractivity contribution in [1.29, 1.82) is 0 Å². The van der Waals surface area contributed by atoms with Crippen molar-refractivity contribution in [2.75, 3.05) is 26.3 Å². The fraction of sp³-hybridized carbons (Fsp3) is 0.500. The predicted molar refractivity (Wildman–Crippen MR) is 175 cm³/mol. The summed E-state index contributed by atoms with van der Waals surface area (Å²) >= 11 is 0. The summed E-state index contributed by atoms with van der Waals surface area (Å²) in [5.74, 6) is -4.62. The summed E-state index contributed by atoms with van der Waals surface area (Å²) in [5, 5.41) is 15.9. The number of likely N-dealkylation sites (N-methyl/N-ethyl adjacent to an activating group) is 1. The molecule has 0 bridgehead atoms. The summed E-state index contributed by atoms with van der Waals surface area (Å²) in [6.45, 7) is -0.618. The lowest BCUT2D eigenvalue weighted by Crippen LogP contribution is -2.71. The van der Waals surface area contributed by atoms with E-state index in [4.69, 9.17) is 13.4 Å². The fourth-order valence-corrected chi connectivity index (χ4v) is 8.40. The zero-order valence-electron chi connectivity index (χ0n) is 29.6. The van der Waals surface area contributed by atoms with E-state index in [0.29, 0.717) is 38.5 Å². The molecule has 7 atom stereocenters. The molecule has 3 aromatic rings. The van der Waals surface area contributed by atoms with Gasteiger partial charge in [-0.25, -0.2) is 0 Å². The molecule has 0 radical (unpaired) electrons. The lowest BCUT2D eigenvalue weighted by molar-refractivity contribution is -0.315. The van der Waals surface area contributed by atoms with E-state index in [9.17, 15) is 27.9 Å². The quantitative estimate of drug-likeness (QED) is 0.235. The van der Waals surface area contributed by atoms with Gasteiger partial charge in [0.1, 0.15) is 12.1 Å². The van der Waals surface area contributed by atoms with Gasteiger partial charge in [-0.05, 0) is 62.3 Å². The average Bonchev–Trinajstić information content (AvgIpc) is 3.76. The number of fused-ring (bicyclic) bond motifs is 5. The first-order valence-electron chi connectivity index (χ1n) is 17.6. The number of aromatic nitrogens is 1. The molecule has 4 saturated heterocycles. The molecule has 4 aliphatic heterocycles. The Hall–Kier alpha value is -3.82. The van der Waals surface area contributed by atoms with E-state index < -0.39 is 58.5 Å². The Balaban J connectivity index is 0.000000761. The molecule has 48 heavy (non-hydrogen) atoms. The minimum absolute atomic E-state index is 0.0248. The van der Waals surface area contributed by atoms with Gasteiger partial charge in [0.15, 0.2) is 0 Å². The number of piperidine rings is 1. The van der Waals surface area contributed by atoms with Crippen LogP contribution in [0.5, 0.6) is 0 Å². The van der Waals surface area contributed by atoms with Crippen molar-refractivity contribution < 1.29 is 41.3 Å². The number of benzene rings is 2. The zero-order valence-corrected chi connectivity index (χ0v) is 27.4. The number of H-pyrrole nitrogens is 1. The topological polar surface area (TPSA) is 173 Å². The standard InChI is InChI=1S/C33H37N5O5.CH4O3S/c1-32(35-29(39)21-15-23-22-10-6-11-24-28(22)20(17-34-24)16-25(23)36(2)18-21)31(41)38-26(14-19-8-4-3-5-9-19)30(40)37-13-7-12-27(37)33(38,42)43-32;1-5(2,3)4/h3-6,8-11,17,21,23,25-27,34,42H,7,12-16,18H2,1-2H3,(H,35,39);1H3,(H,2,3,4)/t21-,23?,25-,26+,27+,32-,33+;/m1./s1/i2+1D3;. The lowest BCUT2D eigenvalue weighted by atomic mass is 9.72. The van der Waals surface area contributed by atoms with Crippen LogP contribution in [0, 0.1) is 5.92 Å². The van der Waals surface area contributed by atoms with Crippen molar-refractivity contribution >= 4 is 38.7 Å². The van der Waals surface area contributed by atoms with Crippen LogP contribution in [-0.4, -0.2) is 112 Å². The number of likely N-dealkylation sites (tertiary alicyclic amines) is 1. The Bertz CT molecular complexity index is 1990. The van der Waals surface area contributed by atoms with Gasteiger partial charge in [0, 0.05) is 52.7 Å². The van der Waals surface area contributed by atoms with E-state index in [0.717, 1.165) is 32.5 Å². The summed E-state index contributed by atoms with van der Waals surface area (Å²) in [7, 11) is -3.67. The minimum Gasteiger partial charge on any atom is -0.361 e. The van der Waals surface area contributed by atoms with E-state index in [1.54, 1.807) is 4.90 Å². The first-order valence-corrected chi connectivity index (χ1v) is 17.9. The first kappa shape index (κ1) is 29.1. The molecule has 13 nitrogen and oxygen atoms in total. The van der Waals surface area contributed by atoms with E-state index in [1.165, 1.54) is 11.8 Å². The molecular formula is C34H41N5O8S. The van der Waals surface area contributed by atoms with Crippen LogP contribution < -0.4 is 5.32 Å². The van der Waals surface area contributed by atoms with Crippen molar-refractivity contribution in [2.24, 2.45) is 5.92 Å². The van der Waals surface area contributed by atoms with Crippen LogP contribution in [0.1, 0.15) is 52.9 Å². The van der Waals surface area contributed by atoms with Gasteiger partial charge in [-0.15, -0.1) is 0 Å². The molecule has 4 fully saturated rings. The number of hydrogen-bond acceptors (Lipinski definition) is 8. The third kappa shape index (κ3) is 5.49. The van der Waals surface area contributed by atoms with Gasteiger partial charge >= 0.3 is 0 Å². The first-order chi connectivity index (χ1) is 23.9. The Kier molecular flexibility index (Phi) is 7.07. The highest BCUT2D eigenvalue weighted by Crippen LogP contribution is 2.47. The van der Waals surface area contributed by atoms with Gasteiger partial charge in [0.2, 0.25) is 17.5 Å². The van der Waals surface area contributed by atoms with Crippen molar-refractivity contribution in [3.63, 3.8) is 0 Å². The molecule has 1 unspecified atom stereocenters. The maximum absolute atomic E-state index is 14.3. The van der Waals surface area contributed by atoms with E-state index >= 15 is 0 Å². The Labute approximate surface area is 283 Å². The molecular weight excluding hydrogens is 639 g/mol. The maximum atomic E-state index is 14.3. The molecule has 0 saturated carbocycles. The molecule has 5 heterocycles. The molecule has 0 spiro atoms. The van der Waals surface area contributed by atoms with Gasteiger partial charge in [0.25, 0.3) is 21.9 Å². The highest BCUT2D eigenvalue weighted by molar-refractivity contribution is 7.85. The van der Waals surface area contributed by atoms with Crippen LogP contribution in [0.2, 0.25) is 0 Å². The summed E-state index contributed by atoms with van der Waals surface area (Å²) in [5.41, 5.74) is 1.89. The molecule has 5 aliphatic rings. The number of hydrogen-bond donors (Lipinski definition) is 4. The van der Waals surface area contributed by atoms with Gasteiger partial charge in [-0.1, -0.05) is 42.5 Å². The number of nitrogens with zero attached hydrogens (tertiary/aromatic N) is 3. The third-order valence-corrected chi connectivity index (χ3v) is 10.4. The van der Waals surface area contributed by atoms with Gasteiger partial charge in [-0.2, -0.15) is 8.42 Å². The van der Waals surface area contributed by atoms with Crippen molar-refractivity contribution in [2.45, 2.75) is 74.7 Å². The predicted octanol–water partition coefficient (Wildman–Crippen LogP) is 1.59. The molecule has 8 rings (SSSR count). The Morgan fingerprint density at radius 2 is 1.94 bits per heavy atom. The minimum atomic E-state index is -3.67. The van der Waals surface area contributed by atoms with Gasteiger partial charge in [-0.3, -0.25) is 28.6 Å². The molecule has 2 aromatic carbocycles. The van der Waals surface area contributed by atoms with Crippen LogP contribution in [0.25, 0.3) is 10.9 Å². The second-order valence-electron chi connectivity index (χ2n) is 13.6. The highest BCUT2D eigenvalue weighted by Gasteiger charge is 2.70. The Morgan fingerprint density at radius 1 is 1.19 bits per heavy atom. The second kappa shape index (κ2) is 11.7. The summed E-state index contributed by atoms with van der Waals surface area (Å²) in [6, 6.07) is 13.1. The summed E-state index contributed by atoms with van der Waals surface area (Å²) < 4.78 is 57.2. The number of piperazine rings is 1. The Morgan fingerprint density at radius 3 is 2.67 bits per heavy atom. The van der Waals surface area contributed by atoms with E-state index in [-0.39, 0.29) is 30.8 Å². The SMILES string of the molecule is CS(=O)(=O)O.[2H][13C]([2H])([2H])N1C[C@H](C(=O)N[C@]2(C)O[C@@]3(O)[C@@H]4CCCN4C(=O)[C@H](Cc4ccccc4)N3C2=O)CC2c3cccc4[nH]cc(c34)C[C@H]21. The largest absolute Gasteiger partial charge is 0.361 e. The number of aromatic amines is 1. The van der Waals surface area contributed by atoms with Crippen molar-refractivity contribution in [3.8, 4) is 0 Å². The maximum Gasteiger partial charge on any atom is 0.280 e. The molecule has 14 heteroatoms. The number of ether oxygens (including phenoxy) is 1. The van der Waals surface area contributed by atoms with Gasteiger partial charge < -0.3 is 25.2 Å². The van der Waals surface area contributed by atoms with Gasteiger partial charge in [0.05, 0.1) is 12.2 Å². The fourth-order valence-electron chi connectivity index (χ4n) is 8.40. The number of nitrogens with one attached hydrogen (secondary N) is 2. The van der Waals surface area contributed by atoms with Crippen LogP contribution in [0.3, 0.4) is 0 Å². The van der Waals surface area contributed by atoms with Crippen LogP contribution in [0.15, 0.2) is 54.7 Å².